The van der Waals surface area contributed by atoms with Crippen LogP contribution in [0.1, 0.15) is 28.4 Å². The molecule has 2 rings (SSSR count). The van der Waals surface area contributed by atoms with Crippen molar-refractivity contribution in [3.63, 3.8) is 0 Å². The van der Waals surface area contributed by atoms with Crippen LogP contribution in [0.2, 0.25) is 0 Å². The fraction of sp³-hybridized carbons (Fsp3) is 0.235. The average Bonchev–Trinajstić information content (AvgIpc) is 2.48. The Morgan fingerprint density at radius 1 is 1.19 bits per heavy atom. The number of nitrogens with one attached hydrogen (secondary N) is 1. The van der Waals surface area contributed by atoms with Crippen molar-refractivity contribution in [1.82, 2.24) is 5.32 Å². The van der Waals surface area contributed by atoms with E-state index in [9.17, 15) is 9.18 Å². The lowest BCUT2D eigenvalue weighted by Crippen LogP contribution is -2.28. The number of primary amides is 1. The van der Waals surface area contributed by atoms with Gasteiger partial charge in [0.05, 0.1) is 0 Å². The van der Waals surface area contributed by atoms with Crippen LogP contribution >= 0.6 is 0 Å². The highest BCUT2D eigenvalue weighted by Gasteiger charge is 2.09. The van der Waals surface area contributed by atoms with E-state index in [4.69, 9.17) is 5.73 Å². The summed E-state index contributed by atoms with van der Waals surface area (Å²) in [6.07, 6.45) is 0.791. The van der Waals surface area contributed by atoms with Gasteiger partial charge in [-0.3, -0.25) is 4.79 Å². The minimum Gasteiger partial charge on any atom is -0.366 e. The van der Waals surface area contributed by atoms with E-state index in [1.807, 2.05) is 12.1 Å². The summed E-state index contributed by atoms with van der Waals surface area (Å²) in [6.45, 7) is 2.62. The number of carbonyl (C=O) groups is 1. The highest BCUT2D eigenvalue weighted by Crippen LogP contribution is 2.09. The lowest BCUT2D eigenvalue weighted by Gasteiger charge is -2.15. The quantitative estimate of drug-likeness (QED) is 0.857. The van der Waals surface area contributed by atoms with Gasteiger partial charge in [-0.1, -0.05) is 30.3 Å². The maximum Gasteiger partial charge on any atom is 0.249 e. The number of rotatable bonds is 6. The topological polar surface area (TPSA) is 55.1 Å². The molecule has 0 aliphatic rings. The summed E-state index contributed by atoms with van der Waals surface area (Å²) in [6, 6.07) is 14.0. The predicted octanol–water partition coefficient (Wildman–Crippen LogP) is 2.65. The molecule has 0 fully saturated rings. The normalized spacial score (nSPS) is 12.1. The molecular weight excluding hydrogens is 267 g/mol. The number of benzene rings is 2. The van der Waals surface area contributed by atoms with Gasteiger partial charge in [-0.15, -0.1) is 0 Å². The van der Waals surface area contributed by atoms with Gasteiger partial charge in [0.1, 0.15) is 5.82 Å². The highest BCUT2D eigenvalue weighted by atomic mass is 19.1. The molecule has 2 aromatic carbocycles. The Balaban J connectivity index is 1.93. The average molecular weight is 286 g/mol. The van der Waals surface area contributed by atoms with E-state index in [-0.39, 0.29) is 11.9 Å². The molecule has 0 aliphatic carbocycles. The Morgan fingerprint density at radius 2 is 1.86 bits per heavy atom. The van der Waals surface area contributed by atoms with Crippen LogP contribution in [0.3, 0.4) is 0 Å². The van der Waals surface area contributed by atoms with E-state index in [0.717, 1.165) is 17.5 Å². The first-order valence-electron chi connectivity index (χ1n) is 6.92. The molecule has 110 valence electrons. The Hall–Kier alpha value is -2.20. The van der Waals surface area contributed by atoms with Gasteiger partial charge in [-0.25, -0.2) is 4.39 Å². The first kappa shape index (κ1) is 15.2. The predicted molar refractivity (Wildman–Crippen MR) is 81.4 cm³/mol. The van der Waals surface area contributed by atoms with Crippen LogP contribution in [0, 0.1) is 5.82 Å². The lowest BCUT2D eigenvalue weighted by molar-refractivity contribution is 0.0999. The zero-order valence-electron chi connectivity index (χ0n) is 12.0. The molecule has 1 amide bonds. The van der Waals surface area contributed by atoms with E-state index in [1.165, 1.54) is 12.1 Å². The molecule has 0 saturated heterocycles. The summed E-state index contributed by atoms with van der Waals surface area (Å²) >= 11 is 0. The molecule has 0 aliphatic heterocycles. The highest BCUT2D eigenvalue weighted by molar-refractivity contribution is 5.94. The van der Waals surface area contributed by atoms with Crippen LogP contribution in [0.15, 0.2) is 48.5 Å². The summed E-state index contributed by atoms with van der Waals surface area (Å²) in [7, 11) is 0. The van der Waals surface area contributed by atoms with Crippen molar-refractivity contribution < 1.29 is 9.18 Å². The number of amides is 1. The van der Waals surface area contributed by atoms with E-state index in [1.54, 1.807) is 24.3 Å². The minimum absolute atomic E-state index is 0.205. The molecule has 4 heteroatoms. The monoisotopic (exact) mass is 286 g/mol. The van der Waals surface area contributed by atoms with Crippen molar-refractivity contribution >= 4 is 5.91 Å². The fourth-order valence-corrected chi connectivity index (χ4v) is 2.25. The molecule has 0 radical (unpaired) electrons. The van der Waals surface area contributed by atoms with Gasteiger partial charge >= 0.3 is 0 Å². The van der Waals surface area contributed by atoms with E-state index >= 15 is 0 Å². The van der Waals surface area contributed by atoms with E-state index < -0.39 is 5.91 Å². The van der Waals surface area contributed by atoms with Crippen LogP contribution in [0.4, 0.5) is 4.39 Å². The summed E-state index contributed by atoms with van der Waals surface area (Å²) in [5.41, 5.74) is 7.85. The van der Waals surface area contributed by atoms with Crippen LogP contribution < -0.4 is 11.1 Å². The zero-order valence-corrected chi connectivity index (χ0v) is 12.0. The first-order valence-corrected chi connectivity index (χ1v) is 6.92. The van der Waals surface area contributed by atoms with Crippen molar-refractivity contribution in [2.45, 2.75) is 25.9 Å². The second-order valence-corrected chi connectivity index (χ2v) is 5.13. The Morgan fingerprint density at radius 3 is 2.52 bits per heavy atom. The largest absolute Gasteiger partial charge is 0.366 e. The standard InChI is InChI=1S/C17H19FN2O/c1-12(10-13-6-8-15(18)9-7-13)20-11-14-4-2-3-5-16(14)17(19)21/h2-9,12,20H,10-11H2,1H3,(H2,19,21). The number of carbonyl (C=O) groups excluding carboxylic acids is 1. The maximum absolute atomic E-state index is 12.9. The summed E-state index contributed by atoms with van der Waals surface area (Å²) in [5, 5.41) is 3.36. The van der Waals surface area contributed by atoms with E-state index in [0.29, 0.717) is 12.1 Å². The summed E-state index contributed by atoms with van der Waals surface area (Å²) < 4.78 is 12.9. The smallest absolute Gasteiger partial charge is 0.249 e. The van der Waals surface area contributed by atoms with Crippen LogP contribution in [-0.4, -0.2) is 11.9 Å². The van der Waals surface area contributed by atoms with Crippen molar-refractivity contribution in [2.24, 2.45) is 5.73 Å². The molecule has 3 nitrogen and oxygen atoms in total. The minimum atomic E-state index is -0.418. The third-order valence-electron chi connectivity index (χ3n) is 3.38. The third-order valence-corrected chi connectivity index (χ3v) is 3.38. The van der Waals surface area contributed by atoms with Gasteiger partial charge < -0.3 is 11.1 Å². The number of hydrogen-bond acceptors (Lipinski definition) is 2. The lowest BCUT2D eigenvalue weighted by atomic mass is 10.0. The molecule has 0 bridgehead atoms. The molecule has 0 saturated carbocycles. The first-order chi connectivity index (χ1) is 10.1. The zero-order chi connectivity index (χ0) is 15.2. The molecule has 3 N–H and O–H groups in total. The number of halogens is 1. The number of hydrogen-bond donors (Lipinski definition) is 2. The van der Waals surface area contributed by atoms with Gasteiger partial charge in [-0.2, -0.15) is 0 Å². The van der Waals surface area contributed by atoms with Gasteiger partial charge in [0.15, 0.2) is 0 Å². The molecule has 0 heterocycles. The molecule has 0 spiro atoms. The number of nitrogens with two attached hydrogens (primary N) is 1. The summed E-state index contributed by atoms with van der Waals surface area (Å²) in [5.74, 6) is -0.645. The fourth-order valence-electron chi connectivity index (χ4n) is 2.25. The van der Waals surface area contributed by atoms with Crippen LogP contribution in [-0.2, 0) is 13.0 Å². The van der Waals surface area contributed by atoms with Gasteiger partial charge in [0.2, 0.25) is 5.91 Å². The van der Waals surface area contributed by atoms with Crippen LogP contribution in [0.25, 0.3) is 0 Å². The van der Waals surface area contributed by atoms with Crippen molar-refractivity contribution in [2.75, 3.05) is 0 Å². The molecule has 0 aromatic heterocycles. The molecule has 21 heavy (non-hydrogen) atoms. The molecular formula is C17H19FN2O. The maximum atomic E-state index is 12.9. The van der Waals surface area contributed by atoms with Gasteiger partial charge in [0, 0.05) is 18.2 Å². The SMILES string of the molecule is CC(Cc1ccc(F)cc1)NCc1ccccc1C(N)=O. The Labute approximate surface area is 124 Å². The summed E-state index contributed by atoms with van der Waals surface area (Å²) in [4.78, 5) is 11.3. The van der Waals surface area contributed by atoms with E-state index in [2.05, 4.69) is 12.2 Å². The van der Waals surface area contributed by atoms with Crippen molar-refractivity contribution in [1.29, 1.82) is 0 Å². The van der Waals surface area contributed by atoms with Crippen LogP contribution in [0.5, 0.6) is 0 Å². The Bertz CT molecular complexity index is 610. The third kappa shape index (κ3) is 4.39. The van der Waals surface area contributed by atoms with Crippen molar-refractivity contribution in [3.8, 4) is 0 Å². The second-order valence-electron chi connectivity index (χ2n) is 5.13. The molecule has 1 atom stereocenters. The molecule has 2 aromatic rings. The Kier molecular flexibility index (Phi) is 5.06. The van der Waals surface area contributed by atoms with Crippen molar-refractivity contribution in [3.05, 3.63) is 71.0 Å². The molecule has 1 unspecified atom stereocenters. The van der Waals surface area contributed by atoms with Gasteiger partial charge in [-0.05, 0) is 42.7 Å². The van der Waals surface area contributed by atoms with Gasteiger partial charge in [0.25, 0.3) is 0 Å². The second kappa shape index (κ2) is 6.99.